The van der Waals surface area contributed by atoms with Gasteiger partial charge in [0.1, 0.15) is 16.8 Å². The van der Waals surface area contributed by atoms with Crippen LogP contribution in [0, 0.1) is 12.7 Å². The van der Waals surface area contributed by atoms with Crippen molar-refractivity contribution in [3.05, 3.63) is 47.5 Å². The molecule has 5 nitrogen and oxygen atoms in total. The van der Waals surface area contributed by atoms with Crippen molar-refractivity contribution in [3.63, 3.8) is 0 Å². The zero-order valence-corrected chi connectivity index (χ0v) is 12.4. The van der Waals surface area contributed by atoms with E-state index in [2.05, 4.69) is 10.5 Å². The number of amides is 1. The number of aromatic nitrogens is 1. The Hall–Kier alpha value is -2.02. The number of hydrogen-bond donors (Lipinski definition) is 1. The number of nitrogens with one attached hydrogen (secondary N) is 1. The summed E-state index contributed by atoms with van der Waals surface area (Å²) in [6.45, 7) is 3.28. The van der Waals surface area contributed by atoms with E-state index in [1.807, 2.05) is 0 Å². The van der Waals surface area contributed by atoms with E-state index in [9.17, 15) is 13.4 Å². The van der Waals surface area contributed by atoms with Crippen LogP contribution >= 0.6 is 0 Å². The van der Waals surface area contributed by atoms with Crippen LogP contribution in [0.4, 0.5) is 10.2 Å². The van der Waals surface area contributed by atoms with Gasteiger partial charge >= 0.3 is 0 Å². The highest BCUT2D eigenvalue weighted by Gasteiger charge is 2.21. The van der Waals surface area contributed by atoms with Gasteiger partial charge in [-0.25, -0.2) is 4.39 Å². The smallest absolute Gasteiger partial charge is 0.241 e. The highest BCUT2D eigenvalue weighted by Crippen LogP contribution is 2.12. The second-order valence-electron chi connectivity index (χ2n) is 4.61. The fourth-order valence-electron chi connectivity index (χ4n) is 1.64. The molecule has 0 radical (unpaired) electrons. The predicted molar refractivity (Wildman–Crippen MR) is 77.6 cm³/mol. The molecule has 2 rings (SSSR count). The first-order valence-corrected chi connectivity index (χ1v) is 7.69. The van der Waals surface area contributed by atoms with E-state index in [1.54, 1.807) is 32.0 Å². The number of anilines is 1. The number of carbonyl (C=O) groups is 1. The SMILES string of the molecule is Cc1cc(NC(=O)[C@@H](C)[S@@](=O)Cc2ccc(F)cc2)no1. The Morgan fingerprint density at radius 1 is 1.43 bits per heavy atom. The monoisotopic (exact) mass is 310 g/mol. The van der Waals surface area contributed by atoms with Crippen molar-refractivity contribution >= 4 is 22.5 Å². The first kappa shape index (κ1) is 15.4. The van der Waals surface area contributed by atoms with Crippen molar-refractivity contribution in [1.82, 2.24) is 5.16 Å². The third kappa shape index (κ3) is 4.22. The van der Waals surface area contributed by atoms with E-state index in [-0.39, 0.29) is 11.6 Å². The maximum absolute atomic E-state index is 12.8. The zero-order valence-electron chi connectivity index (χ0n) is 11.6. The number of aryl methyl sites for hydroxylation is 1. The van der Waals surface area contributed by atoms with Gasteiger partial charge in [0, 0.05) is 22.6 Å². The van der Waals surface area contributed by atoms with E-state index in [0.29, 0.717) is 17.1 Å². The number of nitrogens with zero attached hydrogens (tertiary/aromatic N) is 1. The molecule has 0 aliphatic rings. The molecule has 21 heavy (non-hydrogen) atoms. The van der Waals surface area contributed by atoms with Crippen LogP contribution in [0.5, 0.6) is 0 Å². The number of carbonyl (C=O) groups excluding carboxylic acids is 1. The van der Waals surface area contributed by atoms with Gasteiger partial charge in [-0.1, -0.05) is 17.3 Å². The second-order valence-corrected chi connectivity index (χ2v) is 6.36. The van der Waals surface area contributed by atoms with Gasteiger partial charge in [-0.3, -0.25) is 9.00 Å². The minimum absolute atomic E-state index is 0.187. The molecule has 0 aliphatic carbocycles. The van der Waals surface area contributed by atoms with Crippen LogP contribution in [0.15, 0.2) is 34.9 Å². The van der Waals surface area contributed by atoms with Gasteiger partial charge in [0.2, 0.25) is 5.91 Å². The zero-order chi connectivity index (χ0) is 15.4. The summed E-state index contributed by atoms with van der Waals surface area (Å²) < 4.78 is 29.8. The van der Waals surface area contributed by atoms with Gasteiger partial charge in [0.15, 0.2) is 5.82 Å². The average molecular weight is 310 g/mol. The third-order valence-corrected chi connectivity index (χ3v) is 4.49. The van der Waals surface area contributed by atoms with Crippen molar-refractivity contribution in [2.24, 2.45) is 0 Å². The Labute approximate surface area is 124 Å². The summed E-state index contributed by atoms with van der Waals surface area (Å²) in [7, 11) is -1.41. The Morgan fingerprint density at radius 2 is 2.10 bits per heavy atom. The molecule has 1 N–H and O–H groups in total. The first-order chi connectivity index (χ1) is 9.95. The Kier molecular flexibility index (Phi) is 4.85. The molecule has 0 saturated heterocycles. The maximum atomic E-state index is 12.8. The molecule has 7 heteroatoms. The van der Waals surface area contributed by atoms with Crippen LogP contribution in [-0.2, 0) is 21.3 Å². The van der Waals surface area contributed by atoms with Gasteiger partial charge in [0.05, 0.1) is 0 Å². The summed E-state index contributed by atoms with van der Waals surface area (Å²) in [5.74, 6) is 0.307. The van der Waals surface area contributed by atoms with Crippen molar-refractivity contribution in [1.29, 1.82) is 0 Å². The normalized spacial score (nSPS) is 13.7. The molecule has 2 aromatic rings. The molecule has 0 fully saturated rings. The lowest BCUT2D eigenvalue weighted by Crippen LogP contribution is -2.29. The third-order valence-electron chi connectivity index (χ3n) is 2.86. The van der Waals surface area contributed by atoms with Gasteiger partial charge in [-0.2, -0.15) is 0 Å². The van der Waals surface area contributed by atoms with E-state index >= 15 is 0 Å². The molecule has 0 unspecified atom stereocenters. The van der Waals surface area contributed by atoms with E-state index in [0.717, 1.165) is 0 Å². The summed E-state index contributed by atoms with van der Waals surface area (Å²) in [5.41, 5.74) is 0.715. The molecular formula is C14H15FN2O3S. The van der Waals surface area contributed by atoms with Crippen molar-refractivity contribution in [3.8, 4) is 0 Å². The van der Waals surface area contributed by atoms with Crippen LogP contribution in [0.2, 0.25) is 0 Å². The van der Waals surface area contributed by atoms with Gasteiger partial charge in [-0.05, 0) is 31.5 Å². The predicted octanol–water partition coefficient (Wildman–Crippen LogP) is 2.40. The summed E-state index contributed by atoms with van der Waals surface area (Å²) in [6, 6.07) is 7.29. The minimum Gasteiger partial charge on any atom is -0.360 e. The lowest BCUT2D eigenvalue weighted by molar-refractivity contribution is -0.115. The summed E-state index contributed by atoms with van der Waals surface area (Å²) >= 11 is 0. The Balaban J connectivity index is 1.95. The Morgan fingerprint density at radius 3 is 2.67 bits per heavy atom. The quantitative estimate of drug-likeness (QED) is 0.920. The van der Waals surface area contributed by atoms with Crippen LogP contribution in [0.1, 0.15) is 18.2 Å². The molecule has 0 bridgehead atoms. The fourth-order valence-corrected chi connectivity index (χ4v) is 2.71. The molecule has 1 heterocycles. The first-order valence-electron chi connectivity index (χ1n) is 6.31. The number of halogens is 1. The van der Waals surface area contributed by atoms with Gasteiger partial charge < -0.3 is 9.84 Å². The average Bonchev–Trinajstić information content (AvgIpc) is 2.85. The van der Waals surface area contributed by atoms with Gasteiger partial charge in [0.25, 0.3) is 0 Å². The number of benzene rings is 1. The molecule has 1 amide bonds. The van der Waals surface area contributed by atoms with Crippen molar-refractivity contribution < 1.29 is 17.9 Å². The van der Waals surface area contributed by atoms with Crippen LogP contribution in [0.3, 0.4) is 0 Å². The molecular weight excluding hydrogens is 295 g/mol. The highest BCUT2D eigenvalue weighted by molar-refractivity contribution is 7.85. The standard InChI is InChI=1S/C14H15FN2O3S/c1-9-7-13(17-20-9)16-14(18)10(2)21(19)8-11-3-5-12(15)6-4-11/h3-7,10H,8H2,1-2H3,(H,16,17,18)/t10-,21+/m1/s1. The van der Waals surface area contributed by atoms with Gasteiger partial charge in [-0.15, -0.1) is 0 Å². The second kappa shape index (κ2) is 6.62. The van der Waals surface area contributed by atoms with Crippen molar-refractivity contribution in [2.75, 3.05) is 5.32 Å². The number of rotatable bonds is 5. The molecule has 0 spiro atoms. The summed E-state index contributed by atoms with van der Waals surface area (Å²) in [5, 5.41) is 5.47. The van der Waals surface area contributed by atoms with E-state index in [1.165, 1.54) is 12.1 Å². The van der Waals surface area contributed by atoms with Crippen LogP contribution in [0.25, 0.3) is 0 Å². The molecule has 2 atom stereocenters. The van der Waals surface area contributed by atoms with Crippen LogP contribution in [-0.4, -0.2) is 20.5 Å². The largest absolute Gasteiger partial charge is 0.360 e. The molecule has 112 valence electrons. The topological polar surface area (TPSA) is 72.2 Å². The highest BCUT2D eigenvalue weighted by atomic mass is 32.2. The van der Waals surface area contributed by atoms with E-state index in [4.69, 9.17) is 4.52 Å². The van der Waals surface area contributed by atoms with E-state index < -0.39 is 22.0 Å². The number of hydrogen-bond acceptors (Lipinski definition) is 4. The van der Waals surface area contributed by atoms with Crippen LogP contribution < -0.4 is 5.32 Å². The summed E-state index contributed by atoms with van der Waals surface area (Å²) in [6.07, 6.45) is 0. The molecule has 1 aromatic heterocycles. The Bertz CT molecular complexity index is 654. The molecule has 0 saturated carbocycles. The lowest BCUT2D eigenvalue weighted by atomic mass is 10.2. The minimum atomic E-state index is -1.41. The summed E-state index contributed by atoms with van der Waals surface area (Å²) in [4.78, 5) is 12.0. The molecule has 0 aliphatic heterocycles. The lowest BCUT2D eigenvalue weighted by Gasteiger charge is -2.10. The fraction of sp³-hybridized carbons (Fsp3) is 0.286. The van der Waals surface area contributed by atoms with Crippen molar-refractivity contribution in [2.45, 2.75) is 24.9 Å². The molecule has 1 aromatic carbocycles. The maximum Gasteiger partial charge on any atom is 0.241 e.